The Morgan fingerprint density at radius 3 is 2.60 bits per heavy atom. The minimum Gasteiger partial charge on any atom is -0.465 e. The number of carbonyl (C=O) groups excluding carboxylic acids is 3. The van der Waals surface area contributed by atoms with Gasteiger partial charge in [-0.1, -0.05) is 55.8 Å². The van der Waals surface area contributed by atoms with Crippen molar-refractivity contribution in [3.63, 3.8) is 0 Å². The molecule has 1 aromatic rings. The van der Waals surface area contributed by atoms with Crippen LogP contribution in [0, 0.1) is 11.8 Å². The van der Waals surface area contributed by atoms with Gasteiger partial charge in [0.15, 0.2) is 0 Å². The molecule has 3 fully saturated rings. The van der Waals surface area contributed by atoms with Gasteiger partial charge < -0.3 is 24.4 Å². The molecule has 218 valence electrons. The summed E-state index contributed by atoms with van der Waals surface area (Å²) < 4.78 is 12.4. The molecule has 1 aromatic carbocycles. The molecule has 0 aliphatic carbocycles. The average Bonchev–Trinajstić information content (AvgIpc) is 3.52. The van der Waals surface area contributed by atoms with E-state index in [1.54, 1.807) is 11.0 Å². The van der Waals surface area contributed by atoms with Gasteiger partial charge in [0.25, 0.3) is 0 Å². The highest BCUT2D eigenvalue weighted by molar-refractivity contribution is 5.98. The summed E-state index contributed by atoms with van der Waals surface area (Å²) in [6, 6.07) is 7.49. The van der Waals surface area contributed by atoms with E-state index >= 15 is 0 Å². The number of hydrogen-bond acceptors (Lipinski definition) is 6. The number of nitrogens with zero attached hydrogens (tertiary/aromatic N) is 2. The van der Waals surface area contributed by atoms with Crippen LogP contribution in [0.1, 0.15) is 70.4 Å². The van der Waals surface area contributed by atoms with E-state index in [1.807, 2.05) is 43.3 Å². The maximum atomic E-state index is 14.5. The Bertz CT molecular complexity index is 1090. The average molecular weight is 553 g/mol. The van der Waals surface area contributed by atoms with Crippen LogP contribution < -0.4 is 0 Å². The fourth-order valence-corrected chi connectivity index (χ4v) is 6.99. The zero-order valence-corrected chi connectivity index (χ0v) is 23.9. The van der Waals surface area contributed by atoms with E-state index in [2.05, 4.69) is 20.1 Å². The third-order valence-electron chi connectivity index (χ3n) is 8.89. The largest absolute Gasteiger partial charge is 0.465 e. The van der Waals surface area contributed by atoms with Crippen LogP contribution in [-0.4, -0.2) is 76.2 Å². The van der Waals surface area contributed by atoms with Crippen LogP contribution >= 0.6 is 0 Å². The third-order valence-corrected chi connectivity index (χ3v) is 8.89. The van der Waals surface area contributed by atoms with Crippen molar-refractivity contribution < 1.29 is 29.0 Å². The van der Waals surface area contributed by atoms with Gasteiger partial charge in [0, 0.05) is 13.1 Å². The number of rotatable bonds is 15. The van der Waals surface area contributed by atoms with Gasteiger partial charge in [0.1, 0.15) is 17.6 Å². The van der Waals surface area contributed by atoms with Gasteiger partial charge in [-0.05, 0) is 51.0 Å². The number of benzene rings is 1. The second kappa shape index (κ2) is 12.7. The minimum atomic E-state index is -1.18. The second-order valence-corrected chi connectivity index (χ2v) is 11.5. The summed E-state index contributed by atoms with van der Waals surface area (Å²) in [7, 11) is 0. The number of aliphatic hydroxyl groups excluding tert-OH is 1. The topological polar surface area (TPSA) is 96.4 Å². The van der Waals surface area contributed by atoms with Gasteiger partial charge in [-0.15, -0.1) is 13.2 Å². The molecule has 1 N–H and O–H groups in total. The minimum absolute atomic E-state index is 0.235. The van der Waals surface area contributed by atoms with Crippen molar-refractivity contribution in [2.75, 3.05) is 26.3 Å². The molecule has 6 atom stereocenters. The number of unbranched alkanes of at least 4 members (excludes halogenated alkanes) is 3. The molecule has 0 saturated carbocycles. The second-order valence-electron chi connectivity index (χ2n) is 11.5. The van der Waals surface area contributed by atoms with Gasteiger partial charge in [0.05, 0.1) is 30.8 Å². The monoisotopic (exact) mass is 552 g/mol. The quantitative estimate of drug-likeness (QED) is 0.199. The van der Waals surface area contributed by atoms with E-state index in [0.29, 0.717) is 32.4 Å². The molecule has 0 radical (unpaired) electrons. The molecule has 40 heavy (non-hydrogen) atoms. The van der Waals surface area contributed by atoms with E-state index in [9.17, 15) is 19.5 Å². The van der Waals surface area contributed by atoms with Crippen molar-refractivity contribution in [1.82, 2.24) is 9.80 Å². The van der Waals surface area contributed by atoms with Crippen LogP contribution in [0.5, 0.6) is 0 Å². The van der Waals surface area contributed by atoms with Crippen molar-refractivity contribution >= 4 is 17.8 Å². The van der Waals surface area contributed by atoms with Crippen LogP contribution in [0.2, 0.25) is 0 Å². The molecule has 2 amide bonds. The molecule has 8 nitrogen and oxygen atoms in total. The standard InChI is InChI=1S/C32H44N2O6/c1-5-8-10-14-21-39-30(38)26-25-28(36)34(24(22-35)23-15-12-11-13-16-23)27(32(25)18-17-31(26,4)40-32)29(37)33(19-7-3)20-9-6-2/h5,7,11-13,15-16,24-27,35H,1,3,6,8-10,14,17-22H2,2,4H3/t24-,25+,26+,27?,31-,32?/m1/s1. The molecule has 3 aliphatic heterocycles. The molecule has 2 bridgehead atoms. The number of fused-ring (bicyclic) bond motifs is 1. The zero-order chi connectivity index (χ0) is 28.9. The summed E-state index contributed by atoms with van der Waals surface area (Å²) in [6.07, 6.45) is 8.64. The number of esters is 1. The first-order valence-electron chi connectivity index (χ1n) is 14.6. The van der Waals surface area contributed by atoms with E-state index in [1.165, 1.54) is 4.90 Å². The first-order chi connectivity index (χ1) is 19.3. The van der Waals surface area contributed by atoms with Crippen LogP contribution in [0.3, 0.4) is 0 Å². The highest BCUT2D eigenvalue weighted by Crippen LogP contribution is 2.64. The van der Waals surface area contributed by atoms with Gasteiger partial charge in [-0.2, -0.15) is 0 Å². The van der Waals surface area contributed by atoms with Gasteiger partial charge in [-0.25, -0.2) is 0 Å². The fraction of sp³-hybridized carbons (Fsp3) is 0.594. The predicted molar refractivity (Wildman–Crippen MR) is 152 cm³/mol. The molecule has 3 aliphatic rings. The number of ether oxygens (including phenoxy) is 2. The Morgan fingerprint density at radius 1 is 1.20 bits per heavy atom. The van der Waals surface area contributed by atoms with Crippen molar-refractivity contribution in [3.05, 3.63) is 61.2 Å². The Hall–Kier alpha value is -2.97. The molecule has 1 spiro atoms. The lowest BCUT2D eigenvalue weighted by Crippen LogP contribution is -2.57. The molecule has 0 aromatic heterocycles. The van der Waals surface area contributed by atoms with Crippen LogP contribution in [0.4, 0.5) is 0 Å². The summed E-state index contributed by atoms with van der Waals surface area (Å²) in [5.41, 5.74) is -1.36. The lowest BCUT2D eigenvalue weighted by Gasteiger charge is -2.39. The summed E-state index contributed by atoms with van der Waals surface area (Å²) in [4.78, 5) is 45.7. The van der Waals surface area contributed by atoms with Crippen molar-refractivity contribution in [2.24, 2.45) is 11.8 Å². The van der Waals surface area contributed by atoms with E-state index in [4.69, 9.17) is 9.47 Å². The maximum Gasteiger partial charge on any atom is 0.312 e. The van der Waals surface area contributed by atoms with Gasteiger partial charge in [0.2, 0.25) is 11.8 Å². The summed E-state index contributed by atoms with van der Waals surface area (Å²) >= 11 is 0. The SMILES string of the molecule is C=CCCCCOC(=O)[C@@H]1[C@H]2C(=O)N([C@H](CO)c3ccccc3)C(C(=O)N(CC=C)CCCC)C23CC[C@@]1(C)O3. The molecule has 3 saturated heterocycles. The summed E-state index contributed by atoms with van der Waals surface area (Å²) in [5.74, 6) is -2.72. The Kier molecular flexibility index (Phi) is 9.52. The lowest BCUT2D eigenvalue weighted by molar-refractivity contribution is -0.162. The predicted octanol–water partition coefficient (Wildman–Crippen LogP) is 4.20. The first kappa shape index (κ1) is 30.0. The number of amides is 2. The number of aliphatic hydroxyl groups is 1. The van der Waals surface area contributed by atoms with Crippen LogP contribution in [0.15, 0.2) is 55.6 Å². The highest BCUT2D eigenvalue weighted by atomic mass is 16.6. The maximum absolute atomic E-state index is 14.5. The molecular weight excluding hydrogens is 508 g/mol. The number of hydrogen-bond donors (Lipinski definition) is 1. The van der Waals surface area contributed by atoms with Crippen LogP contribution in [0.25, 0.3) is 0 Å². The summed E-state index contributed by atoms with van der Waals surface area (Å²) in [6.45, 7) is 12.2. The molecule has 3 heterocycles. The fourth-order valence-electron chi connectivity index (χ4n) is 6.99. The number of allylic oxidation sites excluding steroid dienone is 1. The van der Waals surface area contributed by atoms with Gasteiger partial charge in [-0.3, -0.25) is 14.4 Å². The molecule has 4 rings (SSSR count). The highest BCUT2D eigenvalue weighted by Gasteiger charge is 2.79. The van der Waals surface area contributed by atoms with E-state index in [-0.39, 0.29) is 25.0 Å². The molecule has 2 unspecified atom stereocenters. The first-order valence-corrected chi connectivity index (χ1v) is 14.6. The van der Waals surface area contributed by atoms with Gasteiger partial charge >= 0.3 is 5.97 Å². The Balaban J connectivity index is 1.74. The van der Waals surface area contributed by atoms with Crippen molar-refractivity contribution in [1.29, 1.82) is 0 Å². The van der Waals surface area contributed by atoms with Crippen molar-refractivity contribution in [3.8, 4) is 0 Å². The molecule has 8 heteroatoms. The third kappa shape index (κ3) is 5.23. The van der Waals surface area contributed by atoms with E-state index in [0.717, 1.165) is 31.2 Å². The number of carbonyl (C=O) groups is 3. The smallest absolute Gasteiger partial charge is 0.312 e. The normalized spacial score (nSPS) is 29.2. The zero-order valence-electron chi connectivity index (χ0n) is 23.9. The van der Waals surface area contributed by atoms with E-state index < -0.39 is 41.1 Å². The number of likely N-dealkylation sites (tertiary alicyclic amines) is 1. The summed E-state index contributed by atoms with van der Waals surface area (Å²) in [5, 5.41) is 10.6. The Labute approximate surface area is 238 Å². The Morgan fingerprint density at radius 2 is 1.95 bits per heavy atom. The van der Waals surface area contributed by atoms with Crippen LogP contribution in [-0.2, 0) is 23.9 Å². The lowest BCUT2D eigenvalue weighted by atomic mass is 9.66. The molecular formula is C32H44N2O6. The van der Waals surface area contributed by atoms with Crippen molar-refractivity contribution in [2.45, 2.75) is 82.1 Å².